The predicted molar refractivity (Wildman–Crippen MR) is 76.6 cm³/mol. The standard InChI is InChI=1S/C11H16BrNOS2/c1-15-7-4-2-3-6-13-11(14)10-9(12)5-8-16-10/h5,8H,2-4,6-7H2,1H3,(H,13,14). The fourth-order valence-corrected chi connectivity index (χ4v) is 3.25. The number of unbranched alkanes of at least 4 members (excludes halogenated alkanes) is 2. The first kappa shape index (κ1) is 14.1. The topological polar surface area (TPSA) is 29.1 Å². The van der Waals surface area contributed by atoms with Gasteiger partial charge in [-0.05, 0) is 52.2 Å². The number of halogens is 1. The predicted octanol–water partition coefficient (Wildman–Crippen LogP) is 3.77. The molecule has 0 unspecified atom stereocenters. The molecular formula is C11H16BrNOS2. The lowest BCUT2D eigenvalue weighted by atomic mass is 10.2. The van der Waals surface area contributed by atoms with Gasteiger partial charge in [-0.15, -0.1) is 11.3 Å². The van der Waals surface area contributed by atoms with Crippen molar-refractivity contribution in [1.82, 2.24) is 5.32 Å². The number of hydrogen-bond acceptors (Lipinski definition) is 3. The Morgan fingerprint density at radius 1 is 1.50 bits per heavy atom. The summed E-state index contributed by atoms with van der Waals surface area (Å²) in [4.78, 5) is 12.4. The maximum Gasteiger partial charge on any atom is 0.262 e. The van der Waals surface area contributed by atoms with E-state index < -0.39 is 0 Å². The van der Waals surface area contributed by atoms with Crippen molar-refractivity contribution in [2.45, 2.75) is 19.3 Å². The molecule has 0 saturated heterocycles. The molecule has 1 N–H and O–H groups in total. The summed E-state index contributed by atoms with van der Waals surface area (Å²) in [6.07, 6.45) is 5.61. The van der Waals surface area contributed by atoms with E-state index in [1.54, 1.807) is 0 Å². The normalized spacial score (nSPS) is 10.4. The van der Waals surface area contributed by atoms with Gasteiger partial charge in [-0.3, -0.25) is 4.79 Å². The third kappa shape index (κ3) is 4.89. The van der Waals surface area contributed by atoms with E-state index in [1.165, 1.54) is 29.9 Å². The molecule has 0 saturated carbocycles. The van der Waals surface area contributed by atoms with Crippen LogP contribution >= 0.6 is 39.0 Å². The highest BCUT2D eigenvalue weighted by Gasteiger charge is 2.09. The van der Waals surface area contributed by atoms with Crippen LogP contribution in [0.5, 0.6) is 0 Å². The van der Waals surface area contributed by atoms with E-state index in [1.807, 2.05) is 23.2 Å². The minimum Gasteiger partial charge on any atom is -0.351 e. The van der Waals surface area contributed by atoms with Crippen LogP contribution in [0, 0.1) is 0 Å². The van der Waals surface area contributed by atoms with Gasteiger partial charge in [0.15, 0.2) is 0 Å². The van der Waals surface area contributed by atoms with Crippen LogP contribution in [-0.4, -0.2) is 24.5 Å². The second-order valence-corrected chi connectivity index (χ2v) is 6.16. The molecule has 0 aliphatic heterocycles. The van der Waals surface area contributed by atoms with E-state index in [-0.39, 0.29) is 5.91 Å². The summed E-state index contributed by atoms with van der Waals surface area (Å²) in [7, 11) is 0. The van der Waals surface area contributed by atoms with Gasteiger partial charge in [-0.25, -0.2) is 0 Å². The molecular weight excluding hydrogens is 306 g/mol. The summed E-state index contributed by atoms with van der Waals surface area (Å²) in [5, 5.41) is 4.85. The Kier molecular flexibility index (Phi) is 7.16. The van der Waals surface area contributed by atoms with Gasteiger partial charge < -0.3 is 5.32 Å². The zero-order valence-electron chi connectivity index (χ0n) is 9.29. The lowest BCUT2D eigenvalue weighted by Gasteiger charge is -2.03. The number of amides is 1. The summed E-state index contributed by atoms with van der Waals surface area (Å²) >= 11 is 6.70. The van der Waals surface area contributed by atoms with Crippen molar-refractivity contribution >= 4 is 44.9 Å². The highest BCUT2D eigenvalue weighted by Crippen LogP contribution is 2.22. The molecule has 1 rings (SSSR count). The van der Waals surface area contributed by atoms with Gasteiger partial charge in [0, 0.05) is 11.0 Å². The SMILES string of the molecule is CSCCCCCNC(=O)c1sccc1Br. The summed E-state index contributed by atoms with van der Waals surface area (Å²) < 4.78 is 0.886. The Labute approximate surface area is 113 Å². The van der Waals surface area contributed by atoms with Crippen LogP contribution in [-0.2, 0) is 0 Å². The van der Waals surface area contributed by atoms with Gasteiger partial charge in [-0.2, -0.15) is 11.8 Å². The van der Waals surface area contributed by atoms with Gasteiger partial charge in [0.1, 0.15) is 4.88 Å². The number of nitrogens with one attached hydrogen (secondary N) is 1. The van der Waals surface area contributed by atoms with E-state index in [2.05, 4.69) is 27.5 Å². The first-order chi connectivity index (χ1) is 7.75. The highest BCUT2D eigenvalue weighted by molar-refractivity contribution is 9.10. The minimum absolute atomic E-state index is 0.0340. The molecule has 0 aliphatic carbocycles. The number of thioether (sulfide) groups is 1. The van der Waals surface area contributed by atoms with Crippen molar-refractivity contribution < 1.29 is 4.79 Å². The molecule has 1 heterocycles. The van der Waals surface area contributed by atoms with Crippen molar-refractivity contribution in [3.05, 3.63) is 20.8 Å². The number of hydrogen-bond donors (Lipinski definition) is 1. The fourth-order valence-electron chi connectivity index (χ4n) is 1.29. The van der Waals surface area contributed by atoms with Gasteiger partial charge >= 0.3 is 0 Å². The van der Waals surface area contributed by atoms with Crippen LogP contribution in [0.1, 0.15) is 28.9 Å². The molecule has 0 spiro atoms. The summed E-state index contributed by atoms with van der Waals surface area (Å²) in [6.45, 7) is 0.775. The molecule has 0 radical (unpaired) electrons. The van der Waals surface area contributed by atoms with E-state index in [9.17, 15) is 4.79 Å². The second-order valence-electron chi connectivity index (χ2n) is 3.41. The molecule has 5 heteroatoms. The van der Waals surface area contributed by atoms with Crippen LogP contribution in [0.15, 0.2) is 15.9 Å². The maximum atomic E-state index is 11.7. The van der Waals surface area contributed by atoms with Crippen LogP contribution < -0.4 is 5.32 Å². The maximum absolute atomic E-state index is 11.7. The van der Waals surface area contributed by atoms with Gasteiger partial charge in [-0.1, -0.05) is 6.42 Å². The Morgan fingerprint density at radius 2 is 2.31 bits per heavy atom. The molecule has 1 amide bonds. The van der Waals surface area contributed by atoms with Crippen molar-refractivity contribution in [3.8, 4) is 0 Å². The molecule has 2 nitrogen and oxygen atoms in total. The Morgan fingerprint density at radius 3 is 2.94 bits per heavy atom. The van der Waals surface area contributed by atoms with Gasteiger partial charge in [0.05, 0.1) is 0 Å². The lowest BCUT2D eigenvalue weighted by Crippen LogP contribution is -2.23. The number of thiophene rings is 1. The molecule has 0 aromatic carbocycles. The monoisotopic (exact) mass is 321 g/mol. The van der Waals surface area contributed by atoms with Crippen molar-refractivity contribution in [3.63, 3.8) is 0 Å². The first-order valence-corrected chi connectivity index (χ1v) is 8.32. The zero-order valence-corrected chi connectivity index (χ0v) is 12.5. The molecule has 0 bridgehead atoms. The van der Waals surface area contributed by atoms with Gasteiger partial charge in [0.25, 0.3) is 5.91 Å². The molecule has 0 aliphatic rings. The van der Waals surface area contributed by atoms with E-state index in [0.717, 1.165) is 22.3 Å². The van der Waals surface area contributed by atoms with Gasteiger partial charge in [0.2, 0.25) is 0 Å². The molecule has 1 aromatic rings. The fraction of sp³-hybridized carbons (Fsp3) is 0.545. The van der Waals surface area contributed by atoms with Crippen LogP contribution in [0.2, 0.25) is 0 Å². The lowest BCUT2D eigenvalue weighted by molar-refractivity contribution is 0.0956. The van der Waals surface area contributed by atoms with E-state index in [0.29, 0.717) is 0 Å². The number of carbonyl (C=O) groups is 1. The first-order valence-electron chi connectivity index (χ1n) is 5.26. The van der Waals surface area contributed by atoms with E-state index in [4.69, 9.17) is 0 Å². The summed E-state index contributed by atoms with van der Waals surface area (Å²) in [5.74, 6) is 1.25. The molecule has 16 heavy (non-hydrogen) atoms. The quantitative estimate of drug-likeness (QED) is 0.774. The molecule has 1 aromatic heterocycles. The number of carbonyl (C=O) groups excluding carboxylic acids is 1. The van der Waals surface area contributed by atoms with E-state index >= 15 is 0 Å². The van der Waals surface area contributed by atoms with Crippen molar-refractivity contribution in [2.24, 2.45) is 0 Å². The molecule has 0 atom stereocenters. The second kappa shape index (κ2) is 8.14. The molecule has 90 valence electrons. The minimum atomic E-state index is 0.0340. The third-order valence-electron chi connectivity index (χ3n) is 2.13. The summed E-state index contributed by atoms with van der Waals surface area (Å²) in [6, 6.07) is 1.90. The number of rotatable bonds is 7. The summed E-state index contributed by atoms with van der Waals surface area (Å²) in [5.41, 5.74) is 0. The Balaban J connectivity index is 2.14. The van der Waals surface area contributed by atoms with Crippen LogP contribution in [0.4, 0.5) is 0 Å². The average Bonchev–Trinajstić information content (AvgIpc) is 2.69. The zero-order chi connectivity index (χ0) is 11.8. The van der Waals surface area contributed by atoms with Crippen LogP contribution in [0.25, 0.3) is 0 Å². The third-order valence-corrected chi connectivity index (χ3v) is 4.67. The smallest absolute Gasteiger partial charge is 0.262 e. The molecule has 0 fully saturated rings. The Bertz CT molecular complexity index is 328. The van der Waals surface area contributed by atoms with Crippen molar-refractivity contribution in [1.29, 1.82) is 0 Å². The highest BCUT2D eigenvalue weighted by atomic mass is 79.9. The van der Waals surface area contributed by atoms with Crippen LogP contribution in [0.3, 0.4) is 0 Å². The average molecular weight is 322 g/mol. The Hall–Kier alpha value is -0.000000000000000111. The van der Waals surface area contributed by atoms with Crippen molar-refractivity contribution in [2.75, 3.05) is 18.6 Å². The largest absolute Gasteiger partial charge is 0.351 e.